The van der Waals surface area contributed by atoms with Crippen LogP contribution in [0.5, 0.6) is 0 Å². The minimum Gasteiger partial charge on any atom is -0.477 e. The summed E-state index contributed by atoms with van der Waals surface area (Å²) in [6.07, 6.45) is 0. The third-order valence-electron chi connectivity index (χ3n) is 3.91. The summed E-state index contributed by atoms with van der Waals surface area (Å²) in [4.78, 5) is 11.5. The summed E-state index contributed by atoms with van der Waals surface area (Å²) in [7, 11) is 0. The van der Waals surface area contributed by atoms with Crippen LogP contribution in [0.2, 0.25) is 10.0 Å². The van der Waals surface area contributed by atoms with E-state index < -0.39 is 5.97 Å². The van der Waals surface area contributed by atoms with E-state index in [1.54, 1.807) is 23.2 Å². The Bertz CT molecular complexity index is 774. The van der Waals surface area contributed by atoms with Gasteiger partial charge in [0.1, 0.15) is 0 Å². The lowest BCUT2D eigenvalue weighted by molar-refractivity contribution is -0.129. The van der Waals surface area contributed by atoms with E-state index in [4.69, 9.17) is 23.2 Å². The number of rotatable bonds is 3. The van der Waals surface area contributed by atoms with E-state index in [0.29, 0.717) is 15.7 Å². The van der Waals surface area contributed by atoms with Gasteiger partial charge in [-0.1, -0.05) is 54.4 Å². The molecule has 0 amide bonds. The lowest BCUT2D eigenvalue weighted by Crippen LogP contribution is -2.26. The molecule has 0 spiro atoms. The molecule has 0 fully saturated rings. The van der Waals surface area contributed by atoms with E-state index >= 15 is 0 Å². The van der Waals surface area contributed by atoms with Crippen molar-refractivity contribution in [3.63, 3.8) is 0 Å². The van der Waals surface area contributed by atoms with E-state index in [2.05, 4.69) is 5.10 Å². The predicted octanol–water partition coefficient (Wildman–Crippen LogP) is 4.63. The van der Waals surface area contributed by atoms with E-state index in [1.807, 2.05) is 37.3 Å². The Hall–Kier alpha value is -2.04. The zero-order valence-corrected chi connectivity index (χ0v) is 13.8. The number of hydrogen-bond donors (Lipinski definition) is 1. The largest absolute Gasteiger partial charge is 0.477 e. The first-order chi connectivity index (χ1) is 11.0. The van der Waals surface area contributed by atoms with Crippen LogP contribution in [-0.4, -0.2) is 16.8 Å². The van der Waals surface area contributed by atoms with Crippen molar-refractivity contribution < 1.29 is 9.90 Å². The Morgan fingerprint density at radius 2 is 1.78 bits per heavy atom. The highest BCUT2D eigenvalue weighted by Gasteiger charge is 2.39. The van der Waals surface area contributed by atoms with Gasteiger partial charge in [0.25, 0.3) is 0 Å². The quantitative estimate of drug-likeness (QED) is 0.879. The van der Waals surface area contributed by atoms with Gasteiger partial charge in [0.05, 0.1) is 16.8 Å². The predicted molar refractivity (Wildman–Crippen MR) is 92.4 cm³/mol. The molecule has 0 bridgehead atoms. The third kappa shape index (κ3) is 2.92. The van der Waals surface area contributed by atoms with Crippen molar-refractivity contribution >= 4 is 40.6 Å². The van der Waals surface area contributed by atoms with Crippen molar-refractivity contribution in [2.24, 2.45) is 11.0 Å². The number of hydrogen-bond acceptors (Lipinski definition) is 3. The van der Waals surface area contributed by atoms with Gasteiger partial charge in [-0.3, -0.25) is 5.01 Å². The number of halogens is 2. The zero-order chi connectivity index (χ0) is 16.6. The molecular weight excluding hydrogens is 335 g/mol. The van der Waals surface area contributed by atoms with Crippen LogP contribution in [0.4, 0.5) is 5.69 Å². The van der Waals surface area contributed by atoms with Gasteiger partial charge in [-0.2, -0.15) is 5.10 Å². The van der Waals surface area contributed by atoms with Gasteiger partial charge in [-0.15, -0.1) is 0 Å². The van der Waals surface area contributed by atoms with Crippen LogP contribution in [0, 0.1) is 5.92 Å². The molecule has 1 aliphatic heterocycles. The average molecular weight is 349 g/mol. The molecule has 0 saturated heterocycles. The molecule has 0 aliphatic carbocycles. The smallest absolute Gasteiger partial charge is 0.352 e. The first kappa shape index (κ1) is 15.8. The number of aliphatic carboxylic acids is 1. The highest BCUT2D eigenvalue weighted by Crippen LogP contribution is 2.41. The van der Waals surface area contributed by atoms with Crippen molar-refractivity contribution in [3.05, 3.63) is 64.1 Å². The third-order valence-corrected chi connectivity index (χ3v) is 4.49. The van der Waals surface area contributed by atoms with Crippen LogP contribution in [0.3, 0.4) is 0 Å². The molecule has 1 N–H and O–H groups in total. The molecule has 23 heavy (non-hydrogen) atoms. The lowest BCUT2D eigenvalue weighted by atomic mass is 9.91. The standard InChI is InChI=1S/C17H14Cl2N2O2/c1-10-15(17(22)23)20-21(14-5-3-2-4-13(14)19)16(10)11-6-8-12(18)9-7-11/h2-10,16H,1H3,(H,22,23)/t10-,16-/m1/s1. The monoisotopic (exact) mass is 348 g/mol. The van der Waals surface area contributed by atoms with Crippen LogP contribution in [0.25, 0.3) is 0 Å². The molecule has 0 saturated carbocycles. The molecule has 2 atom stereocenters. The van der Waals surface area contributed by atoms with Crippen molar-refractivity contribution in [1.29, 1.82) is 0 Å². The highest BCUT2D eigenvalue weighted by molar-refractivity contribution is 6.38. The van der Waals surface area contributed by atoms with Crippen molar-refractivity contribution in [3.8, 4) is 0 Å². The Labute approximate surface area is 143 Å². The van der Waals surface area contributed by atoms with Crippen molar-refractivity contribution in [2.45, 2.75) is 13.0 Å². The second-order valence-electron chi connectivity index (χ2n) is 5.37. The van der Waals surface area contributed by atoms with Crippen molar-refractivity contribution in [2.75, 3.05) is 5.01 Å². The summed E-state index contributed by atoms with van der Waals surface area (Å²) >= 11 is 12.2. The fourth-order valence-corrected chi connectivity index (χ4v) is 3.15. The molecule has 0 radical (unpaired) electrons. The molecule has 4 nitrogen and oxygen atoms in total. The van der Waals surface area contributed by atoms with Gasteiger partial charge in [0.2, 0.25) is 0 Å². The van der Waals surface area contributed by atoms with Crippen LogP contribution in [-0.2, 0) is 4.79 Å². The minimum absolute atomic E-state index is 0.116. The molecule has 1 heterocycles. The Morgan fingerprint density at radius 3 is 2.39 bits per heavy atom. The maximum absolute atomic E-state index is 11.5. The number of carboxylic acids is 1. The van der Waals surface area contributed by atoms with Gasteiger partial charge in [-0.25, -0.2) is 4.79 Å². The molecule has 2 aromatic carbocycles. The van der Waals surface area contributed by atoms with Crippen LogP contribution < -0.4 is 5.01 Å². The van der Waals surface area contributed by atoms with E-state index in [0.717, 1.165) is 5.56 Å². The molecular formula is C17H14Cl2N2O2. The van der Waals surface area contributed by atoms with Gasteiger partial charge in [0.15, 0.2) is 5.71 Å². The van der Waals surface area contributed by atoms with E-state index in [1.165, 1.54) is 0 Å². The number of anilines is 1. The summed E-state index contributed by atoms with van der Waals surface area (Å²) in [6, 6.07) is 14.3. The Morgan fingerprint density at radius 1 is 1.13 bits per heavy atom. The molecule has 6 heteroatoms. The summed E-state index contributed by atoms with van der Waals surface area (Å²) in [5.74, 6) is -1.31. The number of nitrogens with zero attached hydrogens (tertiary/aromatic N) is 2. The van der Waals surface area contributed by atoms with Gasteiger partial charge < -0.3 is 5.11 Å². The second-order valence-corrected chi connectivity index (χ2v) is 6.22. The first-order valence-electron chi connectivity index (χ1n) is 7.10. The summed E-state index contributed by atoms with van der Waals surface area (Å²) in [6.45, 7) is 1.85. The fourth-order valence-electron chi connectivity index (χ4n) is 2.80. The minimum atomic E-state index is -1.02. The molecule has 1 aliphatic rings. The molecule has 0 aromatic heterocycles. The van der Waals surface area contributed by atoms with E-state index in [-0.39, 0.29) is 17.7 Å². The van der Waals surface area contributed by atoms with Gasteiger partial charge in [0, 0.05) is 10.9 Å². The van der Waals surface area contributed by atoms with Gasteiger partial charge >= 0.3 is 5.97 Å². The normalized spacial score (nSPS) is 20.5. The number of para-hydroxylation sites is 1. The second kappa shape index (κ2) is 6.22. The van der Waals surface area contributed by atoms with E-state index in [9.17, 15) is 9.90 Å². The summed E-state index contributed by atoms with van der Waals surface area (Å²) < 4.78 is 0. The molecule has 118 valence electrons. The summed E-state index contributed by atoms with van der Waals surface area (Å²) in [5.41, 5.74) is 1.73. The van der Waals surface area contributed by atoms with Crippen LogP contribution >= 0.6 is 23.2 Å². The molecule has 3 rings (SSSR count). The maximum Gasteiger partial charge on any atom is 0.352 e. The Balaban J connectivity index is 2.10. The number of carbonyl (C=O) groups is 1. The van der Waals surface area contributed by atoms with Gasteiger partial charge in [-0.05, 0) is 29.8 Å². The molecule has 0 unspecified atom stereocenters. The topological polar surface area (TPSA) is 52.9 Å². The van der Waals surface area contributed by atoms with Crippen LogP contribution in [0.1, 0.15) is 18.5 Å². The Kier molecular flexibility index (Phi) is 4.28. The summed E-state index contributed by atoms with van der Waals surface area (Å²) in [5, 5.41) is 16.6. The fraction of sp³-hybridized carbons (Fsp3) is 0.176. The number of hydrazone groups is 1. The zero-order valence-electron chi connectivity index (χ0n) is 12.3. The number of carboxylic acid groups (broad SMARTS) is 1. The van der Waals surface area contributed by atoms with Crippen LogP contribution in [0.15, 0.2) is 53.6 Å². The number of benzene rings is 2. The average Bonchev–Trinajstić information content (AvgIpc) is 2.86. The lowest BCUT2D eigenvalue weighted by Gasteiger charge is -2.27. The highest BCUT2D eigenvalue weighted by atomic mass is 35.5. The van der Waals surface area contributed by atoms with Crippen molar-refractivity contribution in [1.82, 2.24) is 0 Å². The molecule has 2 aromatic rings. The maximum atomic E-state index is 11.5. The first-order valence-corrected chi connectivity index (χ1v) is 7.85. The SMILES string of the molecule is C[C@@H]1C(C(=O)O)=NN(c2ccccc2Cl)[C@H]1c1ccc(Cl)cc1.